The van der Waals surface area contributed by atoms with E-state index in [1.54, 1.807) is 6.07 Å². The second-order valence-electron chi connectivity index (χ2n) is 7.65. The number of ether oxygens (including phenoxy) is 1. The number of rotatable bonds is 3. The van der Waals surface area contributed by atoms with Gasteiger partial charge in [0.15, 0.2) is 5.82 Å². The summed E-state index contributed by atoms with van der Waals surface area (Å²) in [7, 11) is 0. The molecule has 7 nitrogen and oxygen atoms in total. The first-order chi connectivity index (χ1) is 14.9. The van der Waals surface area contributed by atoms with Gasteiger partial charge in [0.05, 0.1) is 17.1 Å². The fourth-order valence-corrected chi connectivity index (χ4v) is 3.44. The number of alkyl halides is 3. The first-order valence-electron chi connectivity index (χ1n) is 9.33. The van der Waals surface area contributed by atoms with E-state index in [-0.39, 0.29) is 5.56 Å². The molecule has 2 atom stereocenters. The number of hydrogen-bond donors (Lipinski definition) is 2. The summed E-state index contributed by atoms with van der Waals surface area (Å²) in [5.74, 6) is -1.12. The third-order valence-corrected chi connectivity index (χ3v) is 5.50. The number of hydrogen-bond acceptors (Lipinski definition) is 7. The van der Waals surface area contributed by atoms with Crippen LogP contribution in [-0.2, 0) is 10.3 Å². The minimum Gasteiger partial charge on any atom is -0.385 e. The summed E-state index contributed by atoms with van der Waals surface area (Å²) in [6, 6.07) is 5.64. The summed E-state index contributed by atoms with van der Waals surface area (Å²) in [4.78, 5) is 16.5. The SMILES string of the molecule is CC1(c2cc(Nc3ncnc4cc(Cl)cnc34)ccc2F)COC(C)(C(F)(F)F)C(N)=N1. The average Bonchev–Trinajstić information content (AvgIpc) is 2.71. The third-order valence-electron chi connectivity index (χ3n) is 5.29. The molecule has 0 saturated carbocycles. The Labute approximate surface area is 184 Å². The van der Waals surface area contributed by atoms with Crippen molar-refractivity contribution in [3.63, 3.8) is 0 Å². The molecule has 32 heavy (non-hydrogen) atoms. The molecule has 168 valence electrons. The number of anilines is 2. The maximum absolute atomic E-state index is 14.7. The molecule has 3 N–H and O–H groups in total. The van der Waals surface area contributed by atoms with Crippen LogP contribution in [0.1, 0.15) is 19.4 Å². The second kappa shape index (κ2) is 7.52. The number of aromatic nitrogens is 3. The normalized spacial score (nSPS) is 23.8. The molecule has 0 saturated heterocycles. The Morgan fingerprint density at radius 3 is 2.59 bits per heavy atom. The van der Waals surface area contributed by atoms with Crippen LogP contribution in [0.5, 0.6) is 0 Å². The van der Waals surface area contributed by atoms with Gasteiger partial charge in [0.25, 0.3) is 0 Å². The molecule has 3 aromatic rings. The number of nitrogens with two attached hydrogens (primary N) is 1. The predicted molar refractivity (Wildman–Crippen MR) is 111 cm³/mol. The Bertz CT molecular complexity index is 1240. The summed E-state index contributed by atoms with van der Waals surface area (Å²) in [5, 5.41) is 3.42. The van der Waals surface area contributed by atoms with E-state index in [1.807, 2.05) is 0 Å². The summed E-state index contributed by atoms with van der Waals surface area (Å²) in [6.45, 7) is 1.71. The highest BCUT2D eigenvalue weighted by molar-refractivity contribution is 6.31. The lowest BCUT2D eigenvalue weighted by Crippen LogP contribution is -2.60. The van der Waals surface area contributed by atoms with E-state index in [1.165, 1.54) is 37.6 Å². The van der Waals surface area contributed by atoms with Crippen LogP contribution in [0.3, 0.4) is 0 Å². The lowest BCUT2D eigenvalue weighted by Gasteiger charge is -2.41. The number of pyridine rings is 1. The van der Waals surface area contributed by atoms with Crippen molar-refractivity contribution in [2.24, 2.45) is 10.7 Å². The number of aliphatic imine (C=N–C) groups is 1. The Morgan fingerprint density at radius 2 is 1.91 bits per heavy atom. The van der Waals surface area contributed by atoms with Crippen molar-refractivity contribution >= 4 is 40.0 Å². The molecule has 1 aliphatic rings. The number of fused-ring (bicyclic) bond motifs is 1. The summed E-state index contributed by atoms with van der Waals surface area (Å²) < 4.78 is 59.9. The molecule has 0 amide bonds. The number of nitrogens with zero attached hydrogens (tertiary/aromatic N) is 4. The van der Waals surface area contributed by atoms with Gasteiger partial charge in [-0.1, -0.05) is 11.6 Å². The summed E-state index contributed by atoms with van der Waals surface area (Å²) >= 11 is 5.94. The Balaban J connectivity index is 1.72. The van der Waals surface area contributed by atoms with Gasteiger partial charge in [-0.15, -0.1) is 0 Å². The van der Waals surface area contributed by atoms with Crippen LogP contribution in [0.15, 0.2) is 41.8 Å². The lowest BCUT2D eigenvalue weighted by atomic mass is 9.89. The van der Waals surface area contributed by atoms with Gasteiger partial charge in [0, 0.05) is 17.4 Å². The molecule has 1 aromatic carbocycles. The van der Waals surface area contributed by atoms with Gasteiger partial charge in [0.2, 0.25) is 5.60 Å². The van der Waals surface area contributed by atoms with Crippen molar-refractivity contribution in [1.82, 2.24) is 15.0 Å². The molecular weight excluding hydrogens is 452 g/mol. The van der Waals surface area contributed by atoms with Crippen LogP contribution in [0.25, 0.3) is 11.0 Å². The molecule has 0 radical (unpaired) electrons. The van der Waals surface area contributed by atoms with Gasteiger partial charge in [0.1, 0.15) is 29.0 Å². The molecule has 0 bridgehead atoms. The van der Waals surface area contributed by atoms with E-state index in [0.29, 0.717) is 27.6 Å². The number of halogens is 5. The van der Waals surface area contributed by atoms with E-state index >= 15 is 0 Å². The zero-order chi connectivity index (χ0) is 23.3. The van der Waals surface area contributed by atoms with Crippen LogP contribution in [0, 0.1) is 5.82 Å². The predicted octanol–water partition coefficient (Wildman–Crippen LogP) is 4.48. The molecule has 4 rings (SSSR count). The third kappa shape index (κ3) is 3.71. The molecule has 2 aromatic heterocycles. The number of nitrogens with one attached hydrogen (secondary N) is 1. The summed E-state index contributed by atoms with van der Waals surface area (Å²) in [5.41, 5.74) is 2.74. The molecule has 2 unspecified atom stereocenters. The fraction of sp³-hybridized carbons (Fsp3) is 0.300. The minimum absolute atomic E-state index is 0.00374. The topological polar surface area (TPSA) is 98.3 Å². The average molecular weight is 469 g/mol. The molecule has 1 aliphatic heterocycles. The monoisotopic (exact) mass is 468 g/mol. The van der Waals surface area contributed by atoms with E-state index < -0.39 is 35.6 Å². The van der Waals surface area contributed by atoms with Crippen LogP contribution in [0.2, 0.25) is 5.02 Å². The maximum Gasteiger partial charge on any atom is 0.424 e. The molecule has 0 aliphatic carbocycles. The first-order valence-corrected chi connectivity index (χ1v) is 9.70. The van der Waals surface area contributed by atoms with Crippen LogP contribution < -0.4 is 11.1 Å². The standard InChI is InChI=1S/C20H17ClF4N6O/c1-18(8-32-19(2,17(26)31-18)20(23,24)25)12-6-11(3-4-13(12)22)30-16-15-14(28-9-29-16)5-10(21)7-27-15/h3-7,9H,8H2,1-2H3,(H2,26,31)(H,28,29,30). The Kier molecular flexibility index (Phi) is 5.21. The highest BCUT2D eigenvalue weighted by Crippen LogP contribution is 2.41. The van der Waals surface area contributed by atoms with Crippen molar-refractivity contribution in [3.8, 4) is 0 Å². The van der Waals surface area contributed by atoms with Gasteiger partial charge in [-0.2, -0.15) is 13.2 Å². The smallest absolute Gasteiger partial charge is 0.385 e. The van der Waals surface area contributed by atoms with Crippen molar-refractivity contribution in [2.75, 3.05) is 11.9 Å². The minimum atomic E-state index is -4.77. The highest BCUT2D eigenvalue weighted by atomic mass is 35.5. The van der Waals surface area contributed by atoms with Gasteiger partial charge in [-0.3, -0.25) is 4.99 Å². The fourth-order valence-electron chi connectivity index (χ4n) is 3.29. The van der Waals surface area contributed by atoms with Crippen LogP contribution in [-0.4, -0.2) is 39.2 Å². The van der Waals surface area contributed by atoms with E-state index in [4.69, 9.17) is 22.1 Å². The van der Waals surface area contributed by atoms with E-state index in [9.17, 15) is 17.6 Å². The Morgan fingerprint density at radius 1 is 1.16 bits per heavy atom. The Hall–Kier alpha value is -3.05. The van der Waals surface area contributed by atoms with Crippen molar-refractivity contribution in [3.05, 3.63) is 53.2 Å². The zero-order valence-corrected chi connectivity index (χ0v) is 17.6. The molecule has 0 spiro atoms. The van der Waals surface area contributed by atoms with Gasteiger partial charge >= 0.3 is 6.18 Å². The number of benzene rings is 1. The van der Waals surface area contributed by atoms with Crippen molar-refractivity contribution < 1.29 is 22.3 Å². The lowest BCUT2D eigenvalue weighted by molar-refractivity contribution is -0.249. The first kappa shape index (κ1) is 22.2. The number of amidine groups is 1. The molecular formula is C20H17ClF4N6O. The van der Waals surface area contributed by atoms with E-state index in [0.717, 1.165) is 6.92 Å². The van der Waals surface area contributed by atoms with Crippen LogP contribution in [0.4, 0.5) is 29.1 Å². The molecule has 3 heterocycles. The van der Waals surface area contributed by atoms with E-state index in [2.05, 4.69) is 25.3 Å². The van der Waals surface area contributed by atoms with Gasteiger partial charge < -0.3 is 15.8 Å². The molecule has 12 heteroatoms. The molecule has 0 fully saturated rings. The maximum atomic E-state index is 14.7. The zero-order valence-electron chi connectivity index (χ0n) is 16.8. The van der Waals surface area contributed by atoms with Crippen molar-refractivity contribution in [1.29, 1.82) is 0 Å². The largest absolute Gasteiger partial charge is 0.424 e. The quantitative estimate of drug-likeness (QED) is 0.550. The second-order valence-corrected chi connectivity index (χ2v) is 8.09. The summed E-state index contributed by atoms with van der Waals surface area (Å²) in [6.07, 6.45) is -2.02. The van der Waals surface area contributed by atoms with Gasteiger partial charge in [-0.05, 0) is 38.1 Å². The van der Waals surface area contributed by atoms with Crippen molar-refractivity contribution in [2.45, 2.75) is 31.2 Å². The van der Waals surface area contributed by atoms with Crippen LogP contribution >= 0.6 is 11.6 Å². The highest BCUT2D eigenvalue weighted by Gasteiger charge is 2.59. The van der Waals surface area contributed by atoms with Gasteiger partial charge in [-0.25, -0.2) is 19.3 Å².